The molecule has 0 aromatic rings. The first-order valence-electron chi connectivity index (χ1n) is 4.86. The van der Waals surface area contributed by atoms with Crippen LogP contribution in [0.1, 0.15) is 0 Å². The summed E-state index contributed by atoms with van der Waals surface area (Å²) in [6.07, 6.45) is 0.124. The van der Waals surface area contributed by atoms with Gasteiger partial charge in [-0.2, -0.15) is 0 Å². The molecule has 2 saturated heterocycles. The fourth-order valence-electron chi connectivity index (χ4n) is 1.46. The van der Waals surface area contributed by atoms with Crippen LogP contribution in [-0.4, -0.2) is 55.8 Å². The van der Waals surface area contributed by atoms with Crippen molar-refractivity contribution in [3.05, 3.63) is 0 Å². The summed E-state index contributed by atoms with van der Waals surface area (Å²) in [5, 5.41) is 2.54. The van der Waals surface area contributed by atoms with Gasteiger partial charge in [0.15, 0.2) is 9.84 Å². The van der Waals surface area contributed by atoms with Crippen LogP contribution in [0.5, 0.6) is 0 Å². The zero-order valence-corrected chi connectivity index (χ0v) is 10.8. The largest absolute Gasteiger partial charge is 0.468 e. The molecule has 92 valence electrons. The highest BCUT2D eigenvalue weighted by Crippen LogP contribution is 2.18. The monoisotopic (exact) mass is 285 g/mol. The van der Waals surface area contributed by atoms with Crippen LogP contribution < -0.4 is 5.32 Å². The van der Waals surface area contributed by atoms with Gasteiger partial charge in [0, 0.05) is 0 Å². The van der Waals surface area contributed by atoms with E-state index in [-0.39, 0.29) is 28.8 Å². The normalized spacial score (nSPS) is 35.7. The molecule has 0 aromatic carbocycles. The van der Waals surface area contributed by atoms with Gasteiger partial charge in [0.2, 0.25) is 0 Å². The van der Waals surface area contributed by atoms with E-state index < -0.39 is 15.2 Å². The summed E-state index contributed by atoms with van der Waals surface area (Å²) in [5.74, 6) is -0.00876. The number of epoxide rings is 1. The summed E-state index contributed by atoms with van der Waals surface area (Å²) in [5.41, 5.74) is 0. The van der Waals surface area contributed by atoms with Crippen molar-refractivity contribution < 1.29 is 17.9 Å². The first kappa shape index (κ1) is 12.3. The fourth-order valence-corrected chi connectivity index (χ4v) is 4.23. The fraction of sp³-hybridized carbons (Fsp3) is 0.875. The van der Waals surface area contributed by atoms with Crippen molar-refractivity contribution in [3.63, 3.8) is 0 Å². The van der Waals surface area contributed by atoms with E-state index in [1.165, 1.54) is 0 Å². The van der Waals surface area contributed by atoms with Crippen LogP contribution in [0.25, 0.3) is 0 Å². The Balaban J connectivity index is 1.77. The van der Waals surface area contributed by atoms with Gasteiger partial charge in [-0.15, -0.1) is 11.6 Å². The Morgan fingerprint density at radius 1 is 1.56 bits per heavy atom. The second-order valence-electron chi connectivity index (χ2n) is 3.90. The molecule has 3 atom stereocenters. The molecule has 1 N–H and O–H groups in total. The standard InChI is InChI=1S/C8H12ClNO4S2/c9-6-3-16(11,12)4-7(6)10-8(15)14-2-5-1-13-5/h5-7H,1-4H2,(H,10,15). The van der Waals surface area contributed by atoms with E-state index in [2.05, 4.69) is 5.32 Å². The van der Waals surface area contributed by atoms with E-state index in [1.54, 1.807) is 0 Å². The van der Waals surface area contributed by atoms with E-state index in [0.717, 1.165) is 0 Å². The molecule has 3 unspecified atom stereocenters. The summed E-state index contributed by atoms with van der Waals surface area (Å²) in [6, 6.07) is -0.362. The van der Waals surface area contributed by atoms with Gasteiger partial charge in [0.1, 0.15) is 12.7 Å². The third-order valence-electron chi connectivity index (χ3n) is 2.39. The van der Waals surface area contributed by atoms with Crippen LogP contribution in [0, 0.1) is 0 Å². The van der Waals surface area contributed by atoms with E-state index in [9.17, 15) is 8.42 Å². The maximum absolute atomic E-state index is 11.3. The minimum atomic E-state index is -3.04. The quantitative estimate of drug-likeness (QED) is 0.436. The molecule has 2 fully saturated rings. The topological polar surface area (TPSA) is 67.9 Å². The summed E-state index contributed by atoms with van der Waals surface area (Å²) < 4.78 is 32.7. The van der Waals surface area contributed by atoms with Crippen molar-refractivity contribution >= 4 is 38.8 Å². The van der Waals surface area contributed by atoms with Gasteiger partial charge >= 0.3 is 0 Å². The third kappa shape index (κ3) is 3.44. The van der Waals surface area contributed by atoms with Crippen LogP contribution in [0.4, 0.5) is 0 Å². The summed E-state index contributed by atoms with van der Waals surface area (Å²) in [7, 11) is -3.04. The van der Waals surface area contributed by atoms with E-state index in [1.807, 2.05) is 0 Å². The number of hydrogen-bond acceptors (Lipinski definition) is 5. The maximum atomic E-state index is 11.3. The van der Waals surface area contributed by atoms with Gasteiger partial charge in [-0.25, -0.2) is 8.42 Å². The van der Waals surface area contributed by atoms with Crippen molar-refractivity contribution in [2.24, 2.45) is 0 Å². The van der Waals surface area contributed by atoms with Crippen molar-refractivity contribution in [1.82, 2.24) is 5.32 Å². The molecule has 0 aromatic heterocycles. The van der Waals surface area contributed by atoms with E-state index >= 15 is 0 Å². The Kier molecular flexibility index (Phi) is 3.58. The third-order valence-corrected chi connectivity index (χ3v) is 5.00. The minimum Gasteiger partial charge on any atom is -0.468 e. The Labute approximate surface area is 104 Å². The lowest BCUT2D eigenvalue weighted by Crippen LogP contribution is -2.41. The molecule has 2 rings (SSSR count). The average molecular weight is 286 g/mol. The lowest BCUT2D eigenvalue weighted by molar-refractivity contribution is 0.247. The number of rotatable bonds is 3. The van der Waals surface area contributed by atoms with Crippen LogP contribution in [0.3, 0.4) is 0 Å². The Hall–Kier alpha value is -0.110. The van der Waals surface area contributed by atoms with Gasteiger partial charge in [0.05, 0.1) is 29.5 Å². The van der Waals surface area contributed by atoms with Crippen LogP contribution in [0.2, 0.25) is 0 Å². The molecule has 2 heterocycles. The van der Waals surface area contributed by atoms with Crippen molar-refractivity contribution in [2.75, 3.05) is 24.7 Å². The first-order chi connectivity index (χ1) is 7.46. The highest BCUT2D eigenvalue weighted by molar-refractivity contribution is 7.91. The summed E-state index contributed by atoms with van der Waals surface area (Å²) in [4.78, 5) is 0. The molecule has 0 bridgehead atoms. The molecular weight excluding hydrogens is 274 g/mol. The first-order valence-corrected chi connectivity index (χ1v) is 7.52. The molecule has 0 aliphatic carbocycles. The minimum absolute atomic E-state index is 0.00456. The second kappa shape index (κ2) is 4.64. The molecule has 2 aliphatic rings. The smallest absolute Gasteiger partial charge is 0.257 e. The van der Waals surface area contributed by atoms with Crippen LogP contribution in [-0.2, 0) is 19.3 Å². The predicted octanol–water partition coefficient (Wildman–Crippen LogP) is -0.319. The highest BCUT2D eigenvalue weighted by Gasteiger charge is 2.37. The number of halogens is 1. The van der Waals surface area contributed by atoms with Crippen molar-refractivity contribution in [3.8, 4) is 0 Å². The van der Waals surface area contributed by atoms with Crippen LogP contribution in [0.15, 0.2) is 0 Å². The Bertz CT molecular complexity index is 381. The molecule has 0 amide bonds. The van der Waals surface area contributed by atoms with Gasteiger partial charge in [-0.1, -0.05) is 0 Å². The van der Waals surface area contributed by atoms with Gasteiger partial charge in [0.25, 0.3) is 5.17 Å². The average Bonchev–Trinajstić information content (AvgIpc) is 2.92. The molecule has 0 saturated carbocycles. The van der Waals surface area contributed by atoms with Gasteiger partial charge in [-0.3, -0.25) is 0 Å². The number of thiocarbonyl (C=S) groups is 1. The van der Waals surface area contributed by atoms with Gasteiger partial charge in [-0.05, 0) is 12.2 Å². The Morgan fingerprint density at radius 3 is 2.75 bits per heavy atom. The van der Waals surface area contributed by atoms with E-state index in [0.29, 0.717) is 13.2 Å². The highest BCUT2D eigenvalue weighted by atomic mass is 35.5. The molecule has 0 spiro atoms. The number of nitrogens with one attached hydrogen (secondary N) is 1. The number of hydrogen-bond donors (Lipinski definition) is 1. The molecular formula is C8H12ClNO4S2. The maximum Gasteiger partial charge on any atom is 0.257 e. The molecule has 5 nitrogen and oxygen atoms in total. The SMILES string of the molecule is O=S1(=O)CC(Cl)C(NC(=S)OCC2CO2)C1. The molecule has 16 heavy (non-hydrogen) atoms. The van der Waals surface area contributed by atoms with Crippen molar-refractivity contribution in [1.29, 1.82) is 0 Å². The van der Waals surface area contributed by atoms with Gasteiger partial charge < -0.3 is 14.8 Å². The molecule has 0 radical (unpaired) electrons. The number of sulfone groups is 1. The molecule has 8 heteroatoms. The summed E-state index contributed by atoms with van der Waals surface area (Å²) >= 11 is 10.8. The zero-order chi connectivity index (χ0) is 11.8. The van der Waals surface area contributed by atoms with Crippen LogP contribution >= 0.6 is 23.8 Å². The Morgan fingerprint density at radius 2 is 2.25 bits per heavy atom. The molecule has 2 aliphatic heterocycles. The van der Waals surface area contributed by atoms with E-state index in [4.69, 9.17) is 33.3 Å². The predicted molar refractivity (Wildman–Crippen MR) is 63.5 cm³/mol. The number of ether oxygens (including phenoxy) is 2. The van der Waals surface area contributed by atoms with Crippen molar-refractivity contribution in [2.45, 2.75) is 17.5 Å². The lowest BCUT2D eigenvalue weighted by atomic mass is 10.3. The number of alkyl halides is 1. The lowest BCUT2D eigenvalue weighted by Gasteiger charge is -2.16. The second-order valence-corrected chi connectivity index (χ2v) is 6.98. The summed E-state index contributed by atoms with van der Waals surface area (Å²) in [6.45, 7) is 1.09. The zero-order valence-electron chi connectivity index (χ0n) is 8.39.